The first-order chi connectivity index (χ1) is 11.3. The SMILES string of the molecule is CC(=O)N1CCc2cc(S(=O)(=O)N3CCN(C(C)C)CC3)ccc21. The molecule has 132 valence electrons. The summed E-state index contributed by atoms with van der Waals surface area (Å²) in [5, 5.41) is 0. The summed E-state index contributed by atoms with van der Waals surface area (Å²) in [5.41, 5.74) is 1.78. The molecule has 0 N–H and O–H groups in total. The van der Waals surface area contributed by atoms with Gasteiger partial charge in [-0.15, -0.1) is 0 Å². The van der Waals surface area contributed by atoms with Crippen LogP contribution in [0.1, 0.15) is 26.3 Å². The van der Waals surface area contributed by atoms with E-state index < -0.39 is 10.0 Å². The van der Waals surface area contributed by atoms with Crippen molar-refractivity contribution in [3.05, 3.63) is 23.8 Å². The normalized spacial score (nSPS) is 19.8. The van der Waals surface area contributed by atoms with Crippen LogP contribution in [0.15, 0.2) is 23.1 Å². The molecule has 0 atom stereocenters. The summed E-state index contributed by atoms with van der Waals surface area (Å²) in [6, 6.07) is 5.57. The van der Waals surface area contributed by atoms with Crippen LogP contribution < -0.4 is 4.90 Å². The maximum Gasteiger partial charge on any atom is 0.243 e. The summed E-state index contributed by atoms with van der Waals surface area (Å²) in [7, 11) is -3.47. The summed E-state index contributed by atoms with van der Waals surface area (Å²) >= 11 is 0. The van der Waals surface area contributed by atoms with Crippen LogP contribution in [0.2, 0.25) is 0 Å². The molecule has 0 unspecified atom stereocenters. The number of anilines is 1. The van der Waals surface area contributed by atoms with Crippen molar-refractivity contribution in [2.45, 2.75) is 38.1 Å². The van der Waals surface area contributed by atoms with Gasteiger partial charge in [-0.1, -0.05) is 0 Å². The molecule has 1 amide bonds. The lowest BCUT2D eigenvalue weighted by Gasteiger charge is -2.36. The van der Waals surface area contributed by atoms with Gasteiger partial charge in [0.25, 0.3) is 0 Å². The molecule has 1 saturated heterocycles. The van der Waals surface area contributed by atoms with E-state index in [1.54, 1.807) is 27.4 Å². The third-order valence-corrected chi connectivity index (χ3v) is 6.86. The minimum atomic E-state index is -3.47. The Morgan fingerprint density at radius 2 is 1.75 bits per heavy atom. The average molecular weight is 351 g/mol. The quantitative estimate of drug-likeness (QED) is 0.824. The van der Waals surface area contributed by atoms with Crippen molar-refractivity contribution in [2.75, 3.05) is 37.6 Å². The lowest BCUT2D eigenvalue weighted by molar-refractivity contribution is -0.116. The van der Waals surface area contributed by atoms with Crippen molar-refractivity contribution in [3.8, 4) is 0 Å². The largest absolute Gasteiger partial charge is 0.312 e. The second kappa shape index (κ2) is 6.46. The number of benzene rings is 1. The Balaban J connectivity index is 1.81. The summed E-state index contributed by atoms with van der Waals surface area (Å²) in [6.45, 7) is 9.00. The number of carbonyl (C=O) groups excluding carboxylic acids is 1. The van der Waals surface area contributed by atoms with Gasteiger partial charge in [-0.2, -0.15) is 4.31 Å². The van der Waals surface area contributed by atoms with E-state index >= 15 is 0 Å². The van der Waals surface area contributed by atoms with E-state index in [1.807, 2.05) is 0 Å². The van der Waals surface area contributed by atoms with Crippen LogP contribution in [0.3, 0.4) is 0 Å². The molecule has 0 spiro atoms. The zero-order valence-corrected chi connectivity index (χ0v) is 15.3. The molecule has 1 aromatic rings. The van der Waals surface area contributed by atoms with E-state index in [0.29, 0.717) is 37.0 Å². The zero-order chi connectivity index (χ0) is 17.5. The van der Waals surface area contributed by atoms with Gasteiger partial charge in [0.2, 0.25) is 15.9 Å². The zero-order valence-electron chi connectivity index (χ0n) is 14.5. The number of hydrogen-bond acceptors (Lipinski definition) is 4. The first-order valence-electron chi connectivity index (χ1n) is 8.46. The van der Waals surface area contributed by atoms with Crippen molar-refractivity contribution < 1.29 is 13.2 Å². The van der Waals surface area contributed by atoms with Gasteiger partial charge in [-0.25, -0.2) is 8.42 Å². The Kier molecular flexibility index (Phi) is 4.68. The first-order valence-corrected chi connectivity index (χ1v) is 9.90. The number of amides is 1. The van der Waals surface area contributed by atoms with Gasteiger partial charge in [-0.05, 0) is 44.0 Å². The minimum Gasteiger partial charge on any atom is -0.312 e. The lowest BCUT2D eigenvalue weighted by Crippen LogP contribution is -2.50. The van der Waals surface area contributed by atoms with Gasteiger partial charge in [-0.3, -0.25) is 9.69 Å². The number of fused-ring (bicyclic) bond motifs is 1. The molecule has 0 aromatic heterocycles. The maximum absolute atomic E-state index is 12.9. The molecule has 0 saturated carbocycles. The number of nitrogens with zero attached hydrogens (tertiary/aromatic N) is 3. The van der Waals surface area contributed by atoms with Crippen LogP contribution in [-0.2, 0) is 21.2 Å². The van der Waals surface area contributed by atoms with E-state index in [4.69, 9.17) is 0 Å². The molecular formula is C17H25N3O3S. The summed E-state index contributed by atoms with van der Waals surface area (Å²) < 4.78 is 27.4. The first kappa shape index (κ1) is 17.4. The van der Waals surface area contributed by atoms with E-state index in [1.165, 1.54) is 6.92 Å². The molecule has 3 rings (SSSR count). The average Bonchev–Trinajstić information content (AvgIpc) is 2.98. The minimum absolute atomic E-state index is 0.00540. The highest BCUT2D eigenvalue weighted by atomic mass is 32.2. The van der Waals surface area contributed by atoms with E-state index in [9.17, 15) is 13.2 Å². The van der Waals surface area contributed by atoms with Gasteiger partial charge in [0.1, 0.15) is 0 Å². The highest BCUT2D eigenvalue weighted by molar-refractivity contribution is 7.89. The number of sulfonamides is 1. The Bertz CT molecular complexity index is 737. The number of carbonyl (C=O) groups is 1. The second-order valence-corrected chi connectivity index (χ2v) is 8.68. The third kappa shape index (κ3) is 3.08. The fourth-order valence-electron chi connectivity index (χ4n) is 3.48. The molecule has 0 aliphatic carbocycles. The molecule has 2 aliphatic rings. The molecule has 0 bridgehead atoms. The Hall–Kier alpha value is -1.44. The van der Waals surface area contributed by atoms with Gasteiger partial charge >= 0.3 is 0 Å². The van der Waals surface area contributed by atoms with Crippen molar-refractivity contribution >= 4 is 21.6 Å². The van der Waals surface area contributed by atoms with Crippen LogP contribution in [0.4, 0.5) is 5.69 Å². The highest BCUT2D eigenvalue weighted by Crippen LogP contribution is 2.31. The second-order valence-electron chi connectivity index (χ2n) is 6.74. The smallest absolute Gasteiger partial charge is 0.243 e. The summed E-state index contributed by atoms with van der Waals surface area (Å²) in [4.78, 5) is 15.9. The van der Waals surface area contributed by atoms with Gasteiger partial charge in [0, 0.05) is 51.4 Å². The molecule has 2 aliphatic heterocycles. The molecule has 6 nitrogen and oxygen atoms in total. The predicted octanol–water partition coefficient (Wildman–Crippen LogP) is 1.31. The van der Waals surface area contributed by atoms with Gasteiger partial charge < -0.3 is 4.90 Å². The van der Waals surface area contributed by atoms with Crippen molar-refractivity contribution in [3.63, 3.8) is 0 Å². The topological polar surface area (TPSA) is 60.9 Å². The third-order valence-electron chi connectivity index (χ3n) is 4.97. The van der Waals surface area contributed by atoms with Crippen LogP contribution in [0.5, 0.6) is 0 Å². The maximum atomic E-state index is 12.9. The molecule has 0 radical (unpaired) electrons. The fraction of sp³-hybridized carbons (Fsp3) is 0.588. The Morgan fingerprint density at radius 3 is 2.33 bits per heavy atom. The van der Waals surface area contributed by atoms with E-state index in [2.05, 4.69) is 18.7 Å². The molecule has 1 aromatic carbocycles. The van der Waals surface area contributed by atoms with E-state index in [-0.39, 0.29) is 5.91 Å². The summed E-state index contributed by atoms with van der Waals surface area (Å²) in [5.74, 6) is -0.00540. The van der Waals surface area contributed by atoms with Gasteiger partial charge in [0.05, 0.1) is 4.90 Å². The van der Waals surface area contributed by atoms with Crippen molar-refractivity contribution in [2.24, 2.45) is 0 Å². The molecule has 2 heterocycles. The van der Waals surface area contributed by atoms with Crippen LogP contribution in [0, 0.1) is 0 Å². The van der Waals surface area contributed by atoms with Crippen LogP contribution in [-0.4, -0.2) is 62.3 Å². The number of piperazine rings is 1. The number of hydrogen-bond donors (Lipinski definition) is 0. The molecule has 24 heavy (non-hydrogen) atoms. The van der Waals surface area contributed by atoms with E-state index in [0.717, 1.165) is 24.3 Å². The Morgan fingerprint density at radius 1 is 1.08 bits per heavy atom. The van der Waals surface area contributed by atoms with Crippen molar-refractivity contribution in [1.29, 1.82) is 0 Å². The monoisotopic (exact) mass is 351 g/mol. The molecule has 7 heteroatoms. The van der Waals surface area contributed by atoms with Crippen LogP contribution >= 0.6 is 0 Å². The van der Waals surface area contributed by atoms with Gasteiger partial charge in [0.15, 0.2) is 0 Å². The summed E-state index contributed by atoms with van der Waals surface area (Å²) in [6.07, 6.45) is 0.708. The number of rotatable bonds is 3. The molecular weight excluding hydrogens is 326 g/mol. The lowest BCUT2D eigenvalue weighted by atomic mass is 10.2. The van der Waals surface area contributed by atoms with Crippen LogP contribution in [0.25, 0.3) is 0 Å². The standard InChI is InChI=1S/C17H25N3O3S/c1-13(2)18-8-10-19(11-9-18)24(22,23)16-4-5-17-15(12-16)6-7-20(17)14(3)21/h4-5,12-13H,6-11H2,1-3H3. The highest BCUT2D eigenvalue weighted by Gasteiger charge is 2.31. The van der Waals surface area contributed by atoms with Crippen molar-refractivity contribution in [1.82, 2.24) is 9.21 Å². The fourth-order valence-corrected chi connectivity index (χ4v) is 4.95. The Labute approximate surface area is 144 Å². The predicted molar refractivity (Wildman–Crippen MR) is 93.6 cm³/mol. The molecule has 1 fully saturated rings.